The first-order valence-corrected chi connectivity index (χ1v) is 5.94. The van der Waals surface area contributed by atoms with Gasteiger partial charge in [-0.1, -0.05) is 29.8 Å². The molecule has 0 saturated heterocycles. The Morgan fingerprint density at radius 3 is 2.65 bits per heavy atom. The van der Waals surface area contributed by atoms with Crippen molar-refractivity contribution in [3.8, 4) is 0 Å². The van der Waals surface area contributed by atoms with Crippen molar-refractivity contribution in [1.29, 1.82) is 0 Å². The van der Waals surface area contributed by atoms with Crippen molar-refractivity contribution < 1.29 is 0 Å². The lowest BCUT2D eigenvalue weighted by molar-refractivity contribution is 0.574. The maximum Gasteiger partial charge on any atom is 0.0296 e. The monoisotopic (exact) mass is 226 g/mol. The molecule has 0 unspecified atom stereocenters. The van der Waals surface area contributed by atoms with Crippen LogP contribution in [-0.2, 0) is 6.54 Å². The summed E-state index contributed by atoms with van der Waals surface area (Å²) in [5, 5.41) is 3.51. The quantitative estimate of drug-likeness (QED) is 0.865. The molecule has 2 rings (SSSR count). The molecule has 17 heavy (non-hydrogen) atoms. The van der Waals surface area contributed by atoms with Crippen LogP contribution in [0.1, 0.15) is 29.7 Å². The van der Waals surface area contributed by atoms with E-state index in [9.17, 15) is 0 Å². The number of pyridine rings is 1. The minimum atomic E-state index is 0.346. The lowest BCUT2D eigenvalue weighted by Crippen LogP contribution is -2.18. The van der Waals surface area contributed by atoms with Crippen molar-refractivity contribution in [2.45, 2.75) is 26.4 Å². The molecule has 2 heteroatoms. The molecule has 0 amide bonds. The molecule has 1 atom stereocenters. The van der Waals surface area contributed by atoms with Gasteiger partial charge < -0.3 is 5.32 Å². The molecule has 1 aromatic heterocycles. The van der Waals surface area contributed by atoms with Gasteiger partial charge in [0, 0.05) is 25.0 Å². The van der Waals surface area contributed by atoms with E-state index in [1.807, 2.05) is 24.5 Å². The van der Waals surface area contributed by atoms with Crippen LogP contribution in [0.4, 0.5) is 0 Å². The average Bonchev–Trinajstić information content (AvgIpc) is 2.37. The fourth-order valence-electron chi connectivity index (χ4n) is 1.86. The van der Waals surface area contributed by atoms with Gasteiger partial charge in [-0.25, -0.2) is 0 Å². The van der Waals surface area contributed by atoms with Gasteiger partial charge in [0.1, 0.15) is 0 Å². The molecule has 2 aromatic rings. The van der Waals surface area contributed by atoms with Gasteiger partial charge in [-0.15, -0.1) is 0 Å². The number of nitrogens with one attached hydrogen (secondary N) is 1. The molecule has 0 bridgehead atoms. The number of aromatic nitrogens is 1. The fraction of sp³-hybridized carbons (Fsp3) is 0.267. The molecule has 0 fully saturated rings. The highest BCUT2D eigenvalue weighted by molar-refractivity contribution is 5.22. The van der Waals surface area contributed by atoms with E-state index in [1.54, 1.807) is 0 Å². The molecule has 1 heterocycles. The van der Waals surface area contributed by atoms with E-state index in [0.29, 0.717) is 6.04 Å². The van der Waals surface area contributed by atoms with Crippen molar-refractivity contribution >= 4 is 0 Å². The van der Waals surface area contributed by atoms with Crippen LogP contribution in [-0.4, -0.2) is 4.98 Å². The highest BCUT2D eigenvalue weighted by Gasteiger charge is 2.03. The number of hydrogen-bond donors (Lipinski definition) is 1. The van der Waals surface area contributed by atoms with Gasteiger partial charge in [0.25, 0.3) is 0 Å². The summed E-state index contributed by atoms with van der Waals surface area (Å²) >= 11 is 0. The second kappa shape index (κ2) is 5.60. The van der Waals surface area contributed by atoms with E-state index < -0.39 is 0 Å². The minimum Gasteiger partial charge on any atom is -0.306 e. The third kappa shape index (κ3) is 3.40. The van der Waals surface area contributed by atoms with Crippen LogP contribution in [0.2, 0.25) is 0 Å². The van der Waals surface area contributed by atoms with Gasteiger partial charge in [-0.05, 0) is 37.1 Å². The lowest BCUT2D eigenvalue weighted by Gasteiger charge is -2.14. The second-order valence-corrected chi connectivity index (χ2v) is 4.37. The van der Waals surface area contributed by atoms with Crippen LogP contribution in [0, 0.1) is 6.92 Å². The predicted octanol–water partition coefficient (Wildman–Crippen LogP) is 3.24. The van der Waals surface area contributed by atoms with E-state index in [-0.39, 0.29) is 0 Å². The Hall–Kier alpha value is -1.67. The molecule has 88 valence electrons. The number of rotatable bonds is 4. The summed E-state index contributed by atoms with van der Waals surface area (Å²) in [7, 11) is 0. The van der Waals surface area contributed by atoms with Crippen LogP contribution >= 0.6 is 0 Å². The summed E-state index contributed by atoms with van der Waals surface area (Å²) in [5.74, 6) is 0. The Bertz CT molecular complexity index is 465. The van der Waals surface area contributed by atoms with Crippen LogP contribution in [0.25, 0.3) is 0 Å². The average molecular weight is 226 g/mol. The maximum absolute atomic E-state index is 4.03. The molecule has 0 saturated carbocycles. The van der Waals surface area contributed by atoms with E-state index in [1.165, 1.54) is 16.7 Å². The van der Waals surface area contributed by atoms with E-state index in [2.05, 4.69) is 48.4 Å². The molecule has 1 N–H and O–H groups in total. The molecule has 1 aromatic carbocycles. The highest BCUT2D eigenvalue weighted by atomic mass is 14.9. The Balaban J connectivity index is 1.95. The lowest BCUT2D eigenvalue weighted by atomic mass is 10.1. The SMILES string of the molecule is Cc1cccc(CN[C@H](C)c2ccncc2)c1. The summed E-state index contributed by atoms with van der Waals surface area (Å²) in [6.45, 7) is 5.19. The number of hydrogen-bond acceptors (Lipinski definition) is 2. The van der Waals surface area contributed by atoms with Gasteiger partial charge in [0.15, 0.2) is 0 Å². The van der Waals surface area contributed by atoms with Gasteiger partial charge >= 0.3 is 0 Å². The normalized spacial score (nSPS) is 12.4. The number of benzene rings is 1. The topological polar surface area (TPSA) is 24.9 Å². The first kappa shape index (κ1) is 11.8. The standard InChI is InChI=1S/C15H18N2/c1-12-4-3-5-14(10-12)11-17-13(2)15-6-8-16-9-7-15/h3-10,13,17H,11H2,1-2H3/t13-/m1/s1. The Morgan fingerprint density at radius 1 is 1.18 bits per heavy atom. The predicted molar refractivity (Wildman–Crippen MR) is 70.7 cm³/mol. The zero-order valence-corrected chi connectivity index (χ0v) is 10.4. The molecule has 0 aliphatic rings. The summed E-state index contributed by atoms with van der Waals surface area (Å²) in [4.78, 5) is 4.03. The zero-order valence-electron chi connectivity index (χ0n) is 10.4. The summed E-state index contributed by atoms with van der Waals surface area (Å²) < 4.78 is 0. The van der Waals surface area contributed by atoms with E-state index in [0.717, 1.165) is 6.54 Å². The largest absolute Gasteiger partial charge is 0.306 e. The highest BCUT2D eigenvalue weighted by Crippen LogP contribution is 2.11. The number of aryl methyl sites for hydroxylation is 1. The van der Waals surface area contributed by atoms with Crippen molar-refractivity contribution in [3.63, 3.8) is 0 Å². The van der Waals surface area contributed by atoms with Crippen LogP contribution in [0.5, 0.6) is 0 Å². The first-order valence-electron chi connectivity index (χ1n) is 5.94. The van der Waals surface area contributed by atoms with Crippen molar-refractivity contribution in [2.24, 2.45) is 0 Å². The fourth-order valence-corrected chi connectivity index (χ4v) is 1.86. The van der Waals surface area contributed by atoms with Gasteiger partial charge in [0.2, 0.25) is 0 Å². The minimum absolute atomic E-state index is 0.346. The third-order valence-corrected chi connectivity index (χ3v) is 2.90. The van der Waals surface area contributed by atoms with Crippen LogP contribution < -0.4 is 5.32 Å². The Kier molecular flexibility index (Phi) is 3.89. The molecule has 0 aliphatic heterocycles. The van der Waals surface area contributed by atoms with Crippen LogP contribution in [0.15, 0.2) is 48.8 Å². The van der Waals surface area contributed by atoms with Crippen LogP contribution in [0.3, 0.4) is 0 Å². The molecule has 2 nitrogen and oxygen atoms in total. The van der Waals surface area contributed by atoms with E-state index >= 15 is 0 Å². The van der Waals surface area contributed by atoms with Gasteiger partial charge in [-0.2, -0.15) is 0 Å². The first-order chi connectivity index (χ1) is 8.25. The third-order valence-electron chi connectivity index (χ3n) is 2.90. The zero-order chi connectivity index (χ0) is 12.1. The summed E-state index contributed by atoms with van der Waals surface area (Å²) in [5.41, 5.74) is 3.90. The molecular formula is C15H18N2. The Morgan fingerprint density at radius 2 is 1.94 bits per heavy atom. The smallest absolute Gasteiger partial charge is 0.0296 e. The van der Waals surface area contributed by atoms with Crippen molar-refractivity contribution in [2.75, 3.05) is 0 Å². The summed E-state index contributed by atoms with van der Waals surface area (Å²) in [6.07, 6.45) is 3.67. The van der Waals surface area contributed by atoms with Crippen molar-refractivity contribution in [3.05, 3.63) is 65.5 Å². The van der Waals surface area contributed by atoms with Gasteiger partial charge in [-0.3, -0.25) is 4.98 Å². The Labute approximate surface area is 103 Å². The van der Waals surface area contributed by atoms with Crippen molar-refractivity contribution in [1.82, 2.24) is 10.3 Å². The molecule has 0 aliphatic carbocycles. The number of nitrogens with zero attached hydrogens (tertiary/aromatic N) is 1. The molecule has 0 radical (unpaired) electrons. The molecule has 0 spiro atoms. The molecular weight excluding hydrogens is 208 g/mol. The second-order valence-electron chi connectivity index (χ2n) is 4.37. The summed E-state index contributed by atoms with van der Waals surface area (Å²) in [6, 6.07) is 13.0. The maximum atomic E-state index is 4.03. The van der Waals surface area contributed by atoms with E-state index in [4.69, 9.17) is 0 Å². The van der Waals surface area contributed by atoms with Gasteiger partial charge in [0.05, 0.1) is 0 Å².